The second-order valence-corrected chi connectivity index (χ2v) is 5.79. The molecule has 8 nitrogen and oxygen atoms in total. The highest BCUT2D eigenvalue weighted by Gasteiger charge is 2.12. The molecule has 1 N–H and O–H groups in total. The fourth-order valence-corrected chi connectivity index (χ4v) is 2.61. The predicted molar refractivity (Wildman–Crippen MR) is 92.2 cm³/mol. The van der Waals surface area contributed by atoms with Gasteiger partial charge < -0.3 is 18.7 Å². The Morgan fingerprint density at radius 1 is 1.15 bits per heavy atom. The van der Waals surface area contributed by atoms with Gasteiger partial charge in [-0.05, 0) is 24.3 Å². The van der Waals surface area contributed by atoms with E-state index in [1.54, 1.807) is 18.4 Å². The minimum atomic E-state index is -0.0634. The van der Waals surface area contributed by atoms with Crippen LogP contribution in [0.15, 0.2) is 57.9 Å². The molecular weight excluding hydrogens is 334 g/mol. The topological polar surface area (TPSA) is 98.5 Å². The van der Waals surface area contributed by atoms with Crippen molar-refractivity contribution in [1.82, 2.24) is 24.8 Å². The summed E-state index contributed by atoms with van der Waals surface area (Å²) in [7, 11) is 0. The summed E-state index contributed by atoms with van der Waals surface area (Å²) in [5, 5.41) is 6.72. The Morgan fingerprint density at radius 3 is 2.96 bits per heavy atom. The van der Waals surface area contributed by atoms with Gasteiger partial charge in [-0.1, -0.05) is 11.2 Å². The molecule has 8 heteroatoms. The lowest BCUT2D eigenvalue weighted by Gasteiger charge is -2.02. The number of hydrogen-bond donors (Lipinski definition) is 1. The highest BCUT2D eigenvalue weighted by Crippen LogP contribution is 2.16. The van der Waals surface area contributed by atoms with Gasteiger partial charge in [0.05, 0.1) is 12.0 Å². The van der Waals surface area contributed by atoms with Crippen LogP contribution in [0.3, 0.4) is 0 Å². The van der Waals surface area contributed by atoms with Gasteiger partial charge in [0.25, 0.3) is 0 Å². The first kappa shape index (κ1) is 16.1. The molecule has 0 aliphatic heterocycles. The van der Waals surface area contributed by atoms with Crippen molar-refractivity contribution in [3.63, 3.8) is 0 Å². The molecule has 0 fully saturated rings. The number of rotatable bonds is 7. The molecule has 0 aliphatic rings. The number of hydrogen-bond acceptors (Lipinski definition) is 6. The molecule has 4 rings (SSSR count). The number of furan rings is 1. The maximum Gasteiger partial charge on any atom is 0.238 e. The lowest BCUT2D eigenvalue weighted by molar-refractivity contribution is -0.121. The first-order valence-corrected chi connectivity index (χ1v) is 8.34. The fraction of sp³-hybridized carbons (Fsp3) is 0.222. The number of aryl methyl sites for hydroxylation is 1. The monoisotopic (exact) mass is 351 g/mol. The standard InChI is InChI=1S/C18H17N5O3/c24-16(6-7-17-21-18(22-26-17)14-4-3-11-25-14)19-9-8-13-12-23-10-2-1-5-15(23)20-13/h1-5,10-12H,6-9H2,(H,19,24). The van der Waals surface area contributed by atoms with Crippen molar-refractivity contribution in [2.75, 3.05) is 6.54 Å². The van der Waals surface area contributed by atoms with Crippen LogP contribution in [0, 0.1) is 0 Å². The molecule has 4 heterocycles. The van der Waals surface area contributed by atoms with E-state index in [0.717, 1.165) is 11.3 Å². The number of nitrogens with zero attached hydrogens (tertiary/aromatic N) is 4. The van der Waals surface area contributed by atoms with E-state index in [0.29, 0.717) is 36.9 Å². The van der Waals surface area contributed by atoms with Crippen LogP contribution in [0.25, 0.3) is 17.2 Å². The Hall–Kier alpha value is -3.42. The summed E-state index contributed by atoms with van der Waals surface area (Å²) in [4.78, 5) is 20.7. The van der Waals surface area contributed by atoms with Crippen LogP contribution in [-0.2, 0) is 17.6 Å². The van der Waals surface area contributed by atoms with E-state index in [4.69, 9.17) is 8.94 Å². The molecule has 0 saturated carbocycles. The van der Waals surface area contributed by atoms with Gasteiger partial charge in [-0.25, -0.2) is 4.98 Å². The lowest BCUT2D eigenvalue weighted by atomic mass is 10.2. The number of nitrogens with one attached hydrogen (secondary N) is 1. The molecule has 4 aromatic rings. The van der Waals surface area contributed by atoms with Gasteiger partial charge in [-0.15, -0.1) is 0 Å². The smallest absolute Gasteiger partial charge is 0.238 e. The number of carbonyl (C=O) groups excluding carboxylic acids is 1. The van der Waals surface area contributed by atoms with Crippen LogP contribution in [0.4, 0.5) is 0 Å². The molecule has 0 spiro atoms. The van der Waals surface area contributed by atoms with Crippen molar-refractivity contribution >= 4 is 11.6 Å². The summed E-state index contributed by atoms with van der Waals surface area (Å²) in [6, 6.07) is 9.35. The Bertz CT molecular complexity index is 970. The third-order valence-corrected chi connectivity index (χ3v) is 3.89. The number of pyridine rings is 1. The summed E-state index contributed by atoms with van der Waals surface area (Å²) in [6.45, 7) is 0.532. The number of carbonyl (C=O) groups is 1. The van der Waals surface area contributed by atoms with Gasteiger partial charge in [0.1, 0.15) is 5.65 Å². The van der Waals surface area contributed by atoms with E-state index in [-0.39, 0.29) is 12.3 Å². The number of amides is 1. The predicted octanol–water partition coefficient (Wildman–Crippen LogP) is 2.27. The van der Waals surface area contributed by atoms with Crippen LogP contribution in [0.2, 0.25) is 0 Å². The molecule has 1 amide bonds. The first-order valence-electron chi connectivity index (χ1n) is 8.34. The maximum absolute atomic E-state index is 12.0. The largest absolute Gasteiger partial charge is 0.461 e. The number of fused-ring (bicyclic) bond motifs is 1. The Kier molecular flexibility index (Phi) is 4.46. The van der Waals surface area contributed by atoms with Gasteiger partial charge in [0, 0.05) is 38.2 Å². The summed E-state index contributed by atoms with van der Waals surface area (Å²) >= 11 is 0. The van der Waals surface area contributed by atoms with Crippen molar-refractivity contribution in [3.8, 4) is 11.6 Å². The van der Waals surface area contributed by atoms with Crippen LogP contribution < -0.4 is 5.32 Å². The molecule has 0 aliphatic carbocycles. The Labute approximate surface area is 148 Å². The van der Waals surface area contributed by atoms with E-state index in [2.05, 4.69) is 20.4 Å². The summed E-state index contributed by atoms with van der Waals surface area (Å²) < 4.78 is 12.3. The quantitative estimate of drug-likeness (QED) is 0.548. The average molecular weight is 351 g/mol. The fourth-order valence-electron chi connectivity index (χ4n) is 2.61. The molecule has 0 atom stereocenters. The normalized spacial score (nSPS) is 11.1. The van der Waals surface area contributed by atoms with Crippen LogP contribution >= 0.6 is 0 Å². The molecule has 0 bridgehead atoms. The summed E-state index contributed by atoms with van der Waals surface area (Å²) in [5.41, 5.74) is 1.84. The zero-order valence-corrected chi connectivity index (χ0v) is 14.0. The molecule has 132 valence electrons. The van der Waals surface area contributed by atoms with Gasteiger partial charge in [-0.2, -0.15) is 4.98 Å². The van der Waals surface area contributed by atoms with Crippen molar-refractivity contribution in [2.45, 2.75) is 19.3 Å². The van der Waals surface area contributed by atoms with Crippen molar-refractivity contribution in [3.05, 3.63) is 60.6 Å². The first-order chi connectivity index (χ1) is 12.8. The van der Waals surface area contributed by atoms with E-state index < -0.39 is 0 Å². The van der Waals surface area contributed by atoms with Crippen LogP contribution in [0.1, 0.15) is 18.0 Å². The SMILES string of the molecule is O=C(CCc1nc(-c2ccco2)no1)NCCc1cn2ccccc2n1. The maximum atomic E-state index is 12.0. The Morgan fingerprint density at radius 2 is 2.12 bits per heavy atom. The van der Waals surface area contributed by atoms with Gasteiger partial charge >= 0.3 is 0 Å². The molecule has 0 aromatic carbocycles. The van der Waals surface area contributed by atoms with E-state index in [9.17, 15) is 4.79 Å². The van der Waals surface area contributed by atoms with Crippen LogP contribution in [-0.4, -0.2) is 32.0 Å². The van der Waals surface area contributed by atoms with E-state index in [1.807, 2.05) is 35.0 Å². The molecule has 4 aromatic heterocycles. The highest BCUT2D eigenvalue weighted by atomic mass is 16.5. The highest BCUT2D eigenvalue weighted by molar-refractivity contribution is 5.76. The molecule has 0 unspecified atom stereocenters. The summed E-state index contributed by atoms with van der Waals surface area (Å²) in [6.07, 6.45) is 6.80. The second-order valence-electron chi connectivity index (χ2n) is 5.79. The minimum absolute atomic E-state index is 0.0634. The second kappa shape index (κ2) is 7.22. The third kappa shape index (κ3) is 3.64. The molecular formula is C18H17N5O3. The summed E-state index contributed by atoms with van der Waals surface area (Å²) in [5.74, 6) is 1.27. The number of imidazole rings is 1. The van der Waals surface area contributed by atoms with Gasteiger partial charge in [-0.3, -0.25) is 4.79 Å². The van der Waals surface area contributed by atoms with Crippen LogP contribution in [0.5, 0.6) is 0 Å². The average Bonchev–Trinajstić information content (AvgIpc) is 3.38. The van der Waals surface area contributed by atoms with Crippen molar-refractivity contribution in [1.29, 1.82) is 0 Å². The van der Waals surface area contributed by atoms with E-state index in [1.165, 1.54) is 0 Å². The zero-order valence-electron chi connectivity index (χ0n) is 14.0. The number of aromatic nitrogens is 4. The lowest BCUT2D eigenvalue weighted by Crippen LogP contribution is -2.26. The Balaban J connectivity index is 1.23. The molecule has 0 radical (unpaired) electrons. The minimum Gasteiger partial charge on any atom is -0.461 e. The third-order valence-electron chi connectivity index (χ3n) is 3.89. The molecule has 26 heavy (non-hydrogen) atoms. The van der Waals surface area contributed by atoms with Crippen molar-refractivity contribution < 1.29 is 13.7 Å². The zero-order chi connectivity index (χ0) is 17.8. The van der Waals surface area contributed by atoms with Crippen molar-refractivity contribution in [2.24, 2.45) is 0 Å². The van der Waals surface area contributed by atoms with Gasteiger partial charge in [0.15, 0.2) is 5.76 Å². The molecule has 0 saturated heterocycles. The van der Waals surface area contributed by atoms with Gasteiger partial charge in [0.2, 0.25) is 17.6 Å². The van der Waals surface area contributed by atoms with E-state index >= 15 is 0 Å².